The van der Waals surface area contributed by atoms with Crippen LogP contribution in [-0.4, -0.2) is 37.0 Å². The number of carbonyl (C=O) groups excluding carboxylic acids is 2. The molecule has 3 rings (SSSR count). The van der Waals surface area contributed by atoms with E-state index in [1.165, 1.54) is 17.4 Å². The van der Waals surface area contributed by atoms with Crippen LogP contribution >= 0.6 is 11.3 Å². The Hall–Kier alpha value is -2.78. The number of ether oxygens (including phenoxy) is 1. The van der Waals surface area contributed by atoms with Crippen molar-refractivity contribution in [1.29, 1.82) is 0 Å². The van der Waals surface area contributed by atoms with Crippen molar-refractivity contribution >= 4 is 33.8 Å². The molecule has 1 aliphatic rings. The van der Waals surface area contributed by atoms with Gasteiger partial charge >= 0.3 is 0 Å². The first-order valence-electron chi connectivity index (χ1n) is 9.90. The molecule has 2 aromatic rings. The number of carbonyl (C=O) groups is 2. The molecule has 0 bridgehead atoms. The summed E-state index contributed by atoms with van der Waals surface area (Å²) in [6.07, 6.45) is 4.45. The third-order valence-corrected chi connectivity index (χ3v) is 6.31. The number of methoxy groups -OCH3 is 1. The lowest BCUT2D eigenvalue weighted by Crippen LogP contribution is -2.27. The maximum Gasteiger partial charge on any atom is 0.273 e. The Morgan fingerprint density at radius 3 is 2.73 bits per heavy atom. The molecular formula is C21H25N3O5S. The molecule has 2 amide bonds. The minimum Gasteiger partial charge on any atom is -0.385 e. The van der Waals surface area contributed by atoms with Crippen LogP contribution in [0.3, 0.4) is 0 Å². The molecule has 0 aliphatic heterocycles. The highest BCUT2D eigenvalue weighted by Crippen LogP contribution is 2.38. The van der Waals surface area contributed by atoms with E-state index in [0.717, 1.165) is 36.1 Å². The van der Waals surface area contributed by atoms with E-state index in [-0.39, 0.29) is 17.2 Å². The number of hydrogen-bond acceptors (Lipinski definition) is 6. The minimum atomic E-state index is -0.505. The fourth-order valence-electron chi connectivity index (χ4n) is 3.52. The summed E-state index contributed by atoms with van der Waals surface area (Å²) in [6, 6.07) is 4.37. The molecule has 0 saturated carbocycles. The number of thiophene rings is 1. The van der Waals surface area contributed by atoms with Gasteiger partial charge in [0.05, 0.1) is 10.5 Å². The number of amides is 2. The molecule has 0 unspecified atom stereocenters. The fraction of sp³-hybridized carbons (Fsp3) is 0.429. The fourth-order valence-corrected chi connectivity index (χ4v) is 4.81. The van der Waals surface area contributed by atoms with Crippen molar-refractivity contribution < 1.29 is 19.2 Å². The zero-order valence-electron chi connectivity index (χ0n) is 17.1. The standard InChI is InChI=1S/C21H25N3O5S/c1-13-8-9-14(12-16(13)24(27)28)19(25)23-21-18(20(26)22-10-5-11-29-2)15-6-3-4-7-17(15)30-21/h8-9,12H,3-7,10-11H2,1-2H3,(H,22,26)(H,23,25). The maximum absolute atomic E-state index is 12.9. The van der Waals surface area contributed by atoms with Gasteiger partial charge in [-0.2, -0.15) is 0 Å². The lowest BCUT2D eigenvalue weighted by Gasteiger charge is -2.13. The van der Waals surface area contributed by atoms with Crippen LogP contribution < -0.4 is 10.6 Å². The monoisotopic (exact) mass is 431 g/mol. The van der Waals surface area contributed by atoms with E-state index < -0.39 is 10.8 Å². The molecule has 30 heavy (non-hydrogen) atoms. The van der Waals surface area contributed by atoms with E-state index in [1.807, 2.05) is 0 Å². The highest BCUT2D eigenvalue weighted by molar-refractivity contribution is 7.17. The Kier molecular flexibility index (Phi) is 7.17. The van der Waals surface area contributed by atoms with Gasteiger partial charge in [-0.05, 0) is 50.7 Å². The third kappa shape index (κ3) is 4.85. The average Bonchev–Trinajstić information content (AvgIpc) is 3.09. The summed E-state index contributed by atoms with van der Waals surface area (Å²) in [5.41, 5.74) is 2.08. The van der Waals surface area contributed by atoms with E-state index in [4.69, 9.17) is 4.74 Å². The molecule has 1 aliphatic carbocycles. The van der Waals surface area contributed by atoms with Gasteiger partial charge in [-0.15, -0.1) is 11.3 Å². The number of anilines is 1. The summed E-state index contributed by atoms with van der Waals surface area (Å²) in [5.74, 6) is -0.680. The second-order valence-corrected chi connectivity index (χ2v) is 8.33. The van der Waals surface area contributed by atoms with Gasteiger partial charge < -0.3 is 15.4 Å². The molecule has 8 nitrogen and oxygen atoms in total. The molecule has 0 saturated heterocycles. The summed E-state index contributed by atoms with van der Waals surface area (Å²) < 4.78 is 5.01. The third-order valence-electron chi connectivity index (χ3n) is 5.10. The minimum absolute atomic E-state index is 0.107. The molecule has 1 aromatic carbocycles. The number of nitro groups is 1. The molecule has 2 N–H and O–H groups in total. The highest BCUT2D eigenvalue weighted by Gasteiger charge is 2.27. The van der Waals surface area contributed by atoms with Crippen LogP contribution in [0.1, 0.15) is 56.0 Å². The first kappa shape index (κ1) is 21.9. The Morgan fingerprint density at radius 2 is 2.00 bits per heavy atom. The van der Waals surface area contributed by atoms with E-state index in [9.17, 15) is 19.7 Å². The summed E-state index contributed by atoms with van der Waals surface area (Å²) in [6.45, 7) is 2.66. The molecule has 0 spiro atoms. The number of hydrogen-bond donors (Lipinski definition) is 2. The average molecular weight is 432 g/mol. The van der Waals surface area contributed by atoms with Crippen LogP contribution in [0.2, 0.25) is 0 Å². The second-order valence-electron chi connectivity index (χ2n) is 7.23. The summed E-state index contributed by atoms with van der Waals surface area (Å²) in [4.78, 5) is 37.5. The predicted molar refractivity (Wildman–Crippen MR) is 116 cm³/mol. The molecule has 0 radical (unpaired) electrons. The van der Waals surface area contributed by atoms with Gasteiger partial charge in [0.15, 0.2) is 0 Å². The zero-order valence-corrected chi connectivity index (χ0v) is 17.9. The van der Waals surface area contributed by atoms with Gasteiger partial charge in [0.2, 0.25) is 0 Å². The van der Waals surface area contributed by atoms with Gasteiger partial charge in [0, 0.05) is 42.3 Å². The van der Waals surface area contributed by atoms with E-state index in [1.54, 1.807) is 26.2 Å². The number of benzene rings is 1. The molecule has 9 heteroatoms. The first-order chi connectivity index (χ1) is 14.4. The first-order valence-corrected chi connectivity index (χ1v) is 10.7. The normalized spacial score (nSPS) is 12.9. The number of nitrogens with zero attached hydrogens (tertiary/aromatic N) is 1. The van der Waals surface area contributed by atoms with Gasteiger partial charge in [-0.1, -0.05) is 6.07 Å². The zero-order chi connectivity index (χ0) is 21.7. The lowest BCUT2D eigenvalue weighted by atomic mass is 9.95. The lowest BCUT2D eigenvalue weighted by molar-refractivity contribution is -0.385. The molecule has 0 atom stereocenters. The van der Waals surface area contributed by atoms with Crippen LogP contribution in [0.4, 0.5) is 10.7 Å². The number of aryl methyl sites for hydroxylation is 2. The quantitative estimate of drug-likeness (QED) is 0.375. The maximum atomic E-state index is 12.9. The van der Waals surface area contributed by atoms with Gasteiger partial charge in [0.25, 0.3) is 17.5 Å². The number of rotatable bonds is 8. The molecule has 0 fully saturated rings. The van der Waals surface area contributed by atoms with Crippen LogP contribution in [0, 0.1) is 17.0 Å². The Labute approximate surface area is 178 Å². The molecule has 1 aromatic heterocycles. The smallest absolute Gasteiger partial charge is 0.273 e. The van der Waals surface area contributed by atoms with Gasteiger partial charge in [-0.25, -0.2) is 0 Å². The highest BCUT2D eigenvalue weighted by atomic mass is 32.1. The van der Waals surface area contributed by atoms with Crippen molar-refractivity contribution in [2.75, 3.05) is 25.6 Å². The van der Waals surface area contributed by atoms with Crippen molar-refractivity contribution in [2.24, 2.45) is 0 Å². The van der Waals surface area contributed by atoms with E-state index >= 15 is 0 Å². The van der Waals surface area contributed by atoms with Gasteiger partial charge in [0.1, 0.15) is 5.00 Å². The molecule has 1 heterocycles. The van der Waals surface area contributed by atoms with Crippen LogP contribution in [0.25, 0.3) is 0 Å². The van der Waals surface area contributed by atoms with E-state index in [0.29, 0.717) is 35.7 Å². The number of nitro benzene ring substituents is 1. The van der Waals surface area contributed by atoms with Crippen LogP contribution in [0.5, 0.6) is 0 Å². The largest absolute Gasteiger partial charge is 0.385 e. The topological polar surface area (TPSA) is 111 Å². The van der Waals surface area contributed by atoms with Crippen molar-refractivity contribution in [2.45, 2.75) is 39.0 Å². The van der Waals surface area contributed by atoms with Crippen LogP contribution in [-0.2, 0) is 17.6 Å². The van der Waals surface area contributed by atoms with Crippen molar-refractivity contribution in [1.82, 2.24) is 5.32 Å². The summed E-state index contributed by atoms with van der Waals surface area (Å²) in [7, 11) is 1.61. The number of fused-ring (bicyclic) bond motifs is 1. The Balaban J connectivity index is 1.85. The summed E-state index contributed by atoms with van der Waals surface area (Å²) in [5, 5.41) is 17.4. The van der Waals surface area contributed by atoms with E-state index in [2.05, 4.69) is 10.6 Å². The van der Waals surface area contributed by atoms with Crippen molar-refractivity contribution in [3.05, 3.63) is 55.4 Å². The van der Waals surface area contributed by atoms with Crippen molar-refractivity contribution in [3.63, 3.8) is 0 Å². The summed E-state index contributed by atoms with van der Waals surface area (Å²) >= 11 is 1.42. The van der Waals surface area contributed by atoms with Crippen LogP contribution in [0.15, 0.2) is 18.2 Å². The van der Waals surface area contributed by atoms with Gasteiger partial charge in [-0.3, -0.25) is 19.7 Å². The predicted octanol–water partition coefficient (Wildman–Crippen LogP) is 3.86. The van der Waals surface area contributed by atoms with Crippen molar-refractivity contribution in [3.8, 4) is 0 Å². The Bertz CT molecular complexity index is 970. The second kappa shape index (κ2) is 9.82. The molecule has 160 valence electrons. The SMILES string of the molecule is COCCCNC(=O)c1c(NC(=O)c2ccc(C)c([N+](=O)[O-])c2)sc2c1CCCC2. The number of nitrogens with one attached hydrogen (secondary N) is 2. The molecular weight excluding hydrogens is 406 g/mol. The Morgan fingerprint density at radius 1 is 1.23 bits per heavy atom.